The standard InChI is InChI=1S/C9H5BrFNO4/c10-8-6(12(15)16)3-1-5(9(8)11)2-4-7(13)14/h1-4H,(H,13,14)/b4-2+. The number of aliphatic carboxylic acids is 1. The lowest BCUT2D eigenvalue weighted by atomic mass is 10.2. The van der Waals surface area contributed by atoms with Crippen molar-refractivity contribution in [3.8, 4) is 0 Å². The molecule has 0 bridgehead atoms. The minimum Gasteiger partial charge on any atom is -0.478 e. The van der Waals surface area contributed by atoms with Crippen LogP contribution in [-0.4, -0.2) is 16.0 Å². The lowest BCUT2D eigenvalue weighted by Gasteiger charge is -2.00. The number of rotatable bonds is 3. The van der Waals surface area contributed by atoms with E-state index in [9.17, 15) is 19.3 Å². The Labute approximate surface area is 97.5 Å². The summed E-state index contributed by atoms with van der Waals surface area (Å²) in [5.41, 5.74) is -0.454. The van der Waals surface area contributed by atoms with Crippen molar-refractivity contribution in [3.63, 3.8) is 0 Å². The number of benzene rings is 1. The summed E-state index contributed by atoms with van der Waals surface area (Å²) in [5, 5.41) is 18.8. The number of nitrogens with zero attached hydrogens (tertiary/aromatic N) is 1. The molecule has 0 radical (unpaired) electrons. The third kappa shape index (κ3) is 2.63. The van der Waals surface area contributed by atoms with Gasteiger partial charge in [0.2, 0.25) is 0 Å². The van der Waals surface area contributed by atoms with E-state index < -0.39 is 22.4 Å². The van der Waals surface area contributed by atoms with Gasteiger partial charge in [-0.2, -0.15) is 0 Å². The number of halogens is 2. The van der Waals surface area contributed by atoms with Crippen molar-refractivity contribution >= 4 is 33.7 Å². The predicted molar refractivity (Wildman–Crippen MR) is 57.4 cm³/mol. The van der Waals surface area contributed by atoms with Crippen LogP contribution in [-0.2, 0) is 4.79 Å². The zero-order valence-electron chi connectivity index (χ0n) is 7.68. The molecule has 1 N–H and O–H groups in total. The first-order valence-corrected chi connectivity index (χ1v) is 4.76. The molecular formula is C9H5BrFNO4. The third-order valence-corrected chi connectivity index (χ3v) is 2.45. The number of hydrogen-bond donors (Lipinski definition) is 1. The Hall–Kier alpha value is -1.76. The SMILES string of the molecule is O=C(O)/C=C/c1ccc([N+](=O)[O-])c(Br)c1F. The molecule has 84 valence electrons. The number of nitro groups is 1. The molecular weight excluding hydrogens is 285 g/mol. The summed E-state index contributed by atoms with van der Waals surface area (Å²) in [5.74, 6) is -2.10. The van der Waals surface area contributed by atoms with Crippen molar-refractivity contribution in [2.45, 2.75) is 0 Å². The molecule has 1 aromatic carbocycles. The number of hydrogen-bond acceptors (Lipinski definition) is 3. The van der Waals surface area contributed by atoms with Crippen LogP contribution in [0.1, 0.15) is 5.56 Å². The molecule has 0 amide bonds. The second kappa shape index (κ2) is 4.84. The predicted octanol–water partition coefficient (Wildman–Crippen LogP) is 2.59. The quantitative estimate of drug-likeness (QED) is 0.527. The smallest absolute Gasteiger partial charge is 0.328 e. The largest absolute Gasteiger partial charge is 0.478 e. The Morgan fingerprint density at radius 2 is 2.19 bits per heavy atom. The zero-order chi connectivity index (χ0) is 12.3. The zero-order valence-corrected chi connectivity index (χ0v) is 9.27. The normalized spacial score (nSPS) is 10.6. The maximum absolute atomic E-state index is 13.5. The van der Waals surface area contributed by atoms with Crippen LogP contribution in [0.25, 0.3) is 6.08 Å². The molecule has 7 heteroatoms. The van der Waals surface area contributed by atoms with E-state index in [-0.39, 0.29) is 10.0 Å². The molecule has 0 spiro atoms. The van der Waals surface area contributed by atoms with Crippen LogP contribution in [0.4, 0.5) is 10.1 Å². The summed E-state index contributed by atoms with van der Waals surface area (Å²) in [4.78, 5) is 19.9. The maximum atomic E-state index is 13.5. The topological polar surface area (TPSA) is 80.4 Å². The van der Waals surface area contributed by atoms with Crippen molar-refractivity contribution < 1.29 is 19.2 Å². The molecule has 0 unspecified atom stereocenters. The van der Waals surface area contributed by atoms with Gasteiger partial charge in [-0.15, -0.1) is 0 Å². The van der Waals surface area contributed by atoms with E-state index in [0.29, 0.717) is 0 Å². The second-order valence-corrected chi connectivity index (χ2v) is 3.52. The Morgan fingerprint density at radius 3 is 2.69 bits per heavy atom. The number of carbonyl (C=O) groups is 1. The highest BCUT2D eigenvalue weighted by molar-refractivity contribution is 9.10. The van der Waals surface area contributed by atoms with Crippen molar-refractivity contribution in [3.05, 3.63) is 44.2 Å². The Morgan fingerprint density at radius 1 is 1.56 bits per heavy atom. The van der Waals surface area contributed by atoms with Crippen LogP contribution in [0, 0.1) is 15.9 Å². The van der Waals surface area contributed by atoms with Gasteiger partial charge >= 0.3 is 5.97 Å². The molecule has 0 saturated heterocycles. The molecule has 0 aliphatic rings. The van der Waals surface area contributed by atoms with Crippen LogP contribution >= 0.6 is 15.9 Å². The van der Waals surface area contributed by atoms with E-state index in [1.54, 1.807) is 0 Å². The van der Waals surface area contributed by atoms with Gasteiger partial charge in [-0.25, -0.2) is 9.18 Å². The van der Waals surface area contributed by atoms with Crippen LogP contribution in [0.2, 0.25) is 0 Å². The Balaban J connectivity index is 3.22. The van der Waals surface area contributed by atoms with Gasteiger partial charge in [0.15, 0.2) is 5.82 Å². The molecule has 16 heavy (non-hydrogen) atoms. The first kappa shape index (κ1) is 12.3. The van der Waals surface area contributed by atoms with Crippen molar-refractivity contribution in [1.82, 2.24) is 0 Å². The van der Waals surface area contributed by atoms with E-state index in [0.717, 1.165) is 24.3 Å². The average molecular weight is 290 g/mol. The molecule has 5 nitrogen and oxygen atoms in total. The van der Waals surface area contributed by atoms with Gasteiger partial charge in [0.25, 0.3) is 5.69 Å². The summed E-state index contributed by atoms with van der Waals surface area (Å²) in [6, 6.07) is 2.23. The molecule has 0 fully saturated rings. The van der Waals surface area contributed by atoms with E-state index in [4.69, 9.17) is 5.11 Å². The third-order valence-electron chi connectivity index (χ3n) is 1.69. The van der Waals surface area contributed by atoms with Crippen LogP contribution in [0.5, 0.6) is 0 Å². The van der Waals surface area contributed by atoms with E-state index >= 15 is 0 Å². The van der Waals surface area contributed by atoms with Gasteiger partial charge in [-0.1, -0.05) is 0 Å². The summed E-state index contributed by atoms with van der Waals surface area (Å²) in [7, 11) is 0. The summed E-state index contributed by atoms with van der Waals surface area (Å²) in [6.45, 7) is 0. The van der Waals surface area contributed by atoms with Crippen LogP contribution in [0.15, 0.2) is 22.7 Å². The first-order chi connectivity index (χ1) is 7.43. The monoisotopic (exact) mass is 289 g/mol. The van der Waals surface area contributed by atoms with Gasteiger partial charge in [-0.3, -0.25) is 10.1 Å². The van der Waals surface area contributed by atoms with Gasteiger partial charge in [0.1, 0.15) is 4.47 Å². The number of carboxylic acid groups (broad SMARTS) is 1. The van der Waals surface area contributed by atoms with Crippen LogP contribution < -0.4 is 0 Å². The second-order valence-electron chi connectivity index (χ2n) is 2.73. The van der Waals surface area contributed by atoms with Gasteiger partial charge < -0.3 is 5.11 Å². The molecule has 0 saturated carbocycles. The van der Waals surface area contributed by atoms with E-state index in [1.165, 1.54) is 0 Å². The molecule has 0 aliphatic carbocycles. The van der Waals surface area contributed by atoms with E-state index in [2.05, 4.69) is 15.9 Å². The molecule has 1 rings (SSSR count). The Kier molecular flexibility index (Phi) is 3.73. The van der Waals surface area contributed by atoms with Crippen molar-refractivity contribution in [1.29, 1.82) is 0 Å². The molecule has 0 atom stereocenters. The lowest BCUT2D eigenvalue weighted by molar-refractivity contribution is -0.385. The maximum Gasteiger partial charge on any atom is 0.328 e. The minimum atomic E-state index is -1.23. The fourth-order valence-electron chi connectivity index (χ4n) is 0.985. The van der Waals surface area contributed by atoms with Gasteiger partial charge in [-0.05, 0) is 28.1 Å². The van der Waals surface area contributed by atoms with E-state index in [1.807, 2.05) is 0 Å². The lowest BCUT2D eigenvalue weighted by Crippen LogP contribution is -1.94. The van der Waals surface area contributed by atoms with Crippen molar-refractivity contribution in [2.75, 3.05) is 0 Å². The summed E-state index contributed by atoms with van der Waals surface area (Å²) >= 11 is 2.74. The van der Waals surface area contributed by atoms with Crippen molar-refractivity contribution in [2.24, 2.45) is 0 Å². The molecule has 1 aromatic rings. The highest BCUT2D eigenvalue weighted by Gasteiger charge is 2.17. The van der Waals surface area contributed by atoms with Gasteiger partial charge in [0.05, 0.1) is 4.92 Å². The fraction of sp³-hybridized carbons (Fsp3) is 0. The minimum absolute atomic E-state index is 0.0418. The summed E-state index contributed by atoms with van der Waals surface area (Å²) < 4.78 is 13.2. The average Bonchev–Trinajstić information content (AvgIpc) is 2.19. The molecule has 0 aromatic heterocycles. The first-order valence-electron chi connectivity index (χ1n) is 3.97. The molecule has 0 heterocycles. The summed E-state index contributed by atoms with van der Waals surface area (Å²) in [6.07, 6.45) is 1.77. The highest BCUT2D eigenvalue weighted by atomic mass is 79.9. The Bertz CT molecular complexity index is 487. The number of carboxylic acids is 1. The number of nitro benzene ring substituents is 1. The molecule has 0 aliphatic heterocycles. The van der Waals surface area contributed by atoms with Gasteiger partial charge in [0, 0.05) is 17.7 Å². The van der Waals surface area contributed by atoms with Crippen LogP contribution in [0.3, 0.4) is 0 Å². The highest BCUT2D eigenvalue weighted by Crippen LogP contribution is 2.30. The fourth-order valence-corrected chi connectivity index (χ4v) is 1.49.